The number of benzene rings is 11. The predicted molar refractivity (Wildman–Crippen MR) is 499 cm³/mol. The van der Waals surface area contributed by atoms with Crippen molar-refractivity contribution in [3.63, 3.8) is 0 Å². The quantitative estimate of drug-likeness (QED) is 0.140. The van der Waals surface area contributed by atoms with E-state index in [-0.39, 0.29) is 126 Å². The smallest absolute Gasteiger partial charge is 0.252 e. The Labute approximate surface area is 704 Å². The Bertz CT molecular complexity index is 6280. The molecule has 2 aliphatic heterocycles. The maximum atomic E-state index is 11.7. The summed E-state index contributed by atoms with van der Waals surface area (Å²) in [5, 5.41) is 0. The molecule has 0 saturated heterocycles. The Balaban J connectivity index is 1.42. The van der Waals surface area contributed by atoms with Crippen LogP contribution in [-0.2, 0) is 59.6 Å². The highest BCUT2D eigenvalue weighted by atomic mass is 15.2. The second-order valence-corrected chi connectivity index (χ2v) is 43.9. The third-order valence-electron chi connectivity index (χ3n) is 23.1. The molecule has 113 heavy (non-hydrogen) atoms. The van der Waals surface area contributed by atoms with Crippen LogP contribution in [0.25, 0.3) is 66.8 Å². The van der Waals surface area contributed by atoms with E-state index in [4.69, 9.17) is 1.37 Å². The molecule has 0 aliphatic carbocycles. The molecule has 13 rings (SSSR count). The van der Waals surface area contributed by atoms with Crippen molar-refractivity contribution in [1.82, 2.24) is 0 Å². The second kappa shape index (κ2) is 27.9. The van der Waals surface area contributed by atoms with Crippen LogP contribution >= 0.6 is 0 Å². The van der Waals surface area contributed by atoms with Crippen molar-refractivity contribution < 1.29 is 19.2 Å². The van der Waals surface area contributed by atoms with E-state index >= 15 is 0 Å². The molecule has 0 radical (unpaired) electrons. The molecule has 0 bridgehead atoms. The van der Waals surface area contributed by atoms with Gasteiger partial charge in [-0.1, -0.05) is 386 Å². The molecule has 0 spiro atoms. The molecular weight excluding hydrogens is 1360 g/mol. The molecule has 0 saturated carbocycles. The van der Waals surface area contributed by atoms with Gasteiger partial charge in [0, 0.05) is 45.0 Å². The van der Waals surface area contributed by atoms with Crippen LogP contribution in [0, 0.1) is 0 Å². The summed E-state index contributed by atoms with van der Waals surface area (Å²) < 4.78 is 145. The molecule has 11 aromatic carbocycles. The molecule has 0 unspecified atom stereocenters. The molecule has 2 aliphatic rings. The molecule has 0 amide bonds. The molecular formula is C110H133BN2. The average molecular weight is 1510 g/mol. The van der Waals surface area contributed by atoms with Crippen LogP contribution in [0.4, 0.5) is 34.1 Å². The maximum absolute atomic E-state index is 11.7. The summed E-state index contributed by atoms with van der Waals surface area (Å²) >= 11 is 0. The third kappa shape index (κ3) is 15.9. The first-order valence-corrected chi connectivity index (χ1v) is 41.0. The number of rotatable bonds is 8. The van der Waals surface area contributed by atoms with Crippen LogP contribution in [0.2, 0.25) is 0 Å². The van der Waals surface area contributed by atoms with Gasteiger partial charge in [0.05, 0.1) is 30.6 Å². The fourth-order valence-corrected chi connectivity index (χ4v) is 15.9. The van der Waals surface area contributed by atoms with Gasteiger partial charge in [-0.15, -0.1) is 0 Å². The van der Waals surface area contributed by atoms with Crippen LogP contribution in [0.3, 0.4) is 0 Å². The van der Waals surface area contributed by atoms with Gasteiger partial charge < -0.3 is 9.80 Å². The summed E-state index contributed by atoms with van der Waals surface area (Å²) in [5.74, 6) is 0. The van der Waals surface area contributed by atoms with Gasteiger partial charge in [-0.2, -0.15) is 0 Å². The average Bonchev–Trinajstić information content (AvgIpc) is 0.677. The minimum absolute atomic E-state index is 0.0215. The minimum Gasteiger partial charge on any atom is -0.310 e. The van der Waals surface area contributed by atoms with Gasteiger partial charge in [0.2, 0.25) is 0 Å². The molecule has 11 aromatic rings. The molecule has 3 heteroatoms. The number of nitrogens with zero attached hydrogens (tertiary/aromatic N) is 2. The Morgan fingerprint density at radius 3 is 1.06 bits per heavy atom. The third-order valence-corrected chi connectivity index (χ3v) is 23.1. The van der Waals surface area contributed by atoms with E-state index in [1.165, 1.54) is 0 Å². The fraction of sp³-hybridized carbons (Fsp3) is 0.400. The van der Waals surface area contributed by atoms with E-state index in [0.717, 1.165) is 94.4 Å². The van der Waals surface area contributed by atoms with Crippen molar-refractivity contribution in [1.29, 1.82) is 0 Å². The van der Waals surface area contributed by atoms with Crippen molar-refractivity contribution in [2.45, 2.75) is 288 Å². The SMILES string of the molecule is [2H]c1c([2H])c([2H])c(-c2ccc3c(c2)N(c2c(-c4cc(C(C)(C)C)cc(C(C)(C)C)c4)cc(C(C)(C)C)cc2-c2ccccc2C(C)(C)C)c2cc(C(C)(C)C)cc4c2B3c2ccc(-c3cc(C(C)(C)C)cc(C(C)(C)C)c3)cc2N4c2c(-c3c([2H])c([2H])c(C(C)(C)C)c([2H])c3[2H])c([2H])c(C(C)(C)C)c([2H])c2-c2c([2H])c(C(C)(C)C)c([2H])c([2H])c2C(C)(C)C)c([2H])c1[2H]. The van der Waals surface area contributed by atoms with Crippen LogP contribution in [-0.4, -0.2) is 6.71 Å². The van der Waals surface area contributed by atoms with Crippen LogP contribution in [0.15, 0.2) is 206 Å². The zero-order valence-electron chi connectivity index (χ0n) is 88.5. The molecule has 586 valence electrons. The van der Waals surface area contributed by atoms with Crippen molar-refractivity contribution in [2.24, 2.45) is 0 Å². The van der Waals surface area contributed by atoms with E-state index in [1.54, 1.807) is 0 Å². The summed E-state index contributed by atoms with van der Waals surface area (Å²) in [6.45, 7) is 69.2. The van der Waals surface area contributed by atoms with Crippen LogP contribution in [0.5, 0.6) is 0 Å². The zero-order valence-corrected chi connectivity index (χ0v) is 74.5. The van der Waals surface area contributed by atoms with Crippen LogP contribution in [0.1, 0.15) is 309 Å². The molecule has 0 fully saturated rings. The van der Waals surface area contributed by atoms with Gasteiger partial charge in [-0.3, -0.25) is 0 Å². The van der Waals surface area contributed by atoms with Gasteiger partial charge >= 0.3 is 0 Å². The van der Waals surface area contributed by atoms with Crippen LogP contribution < -0.4 is 26.2 Å². The van der Waals surface area contributed by atoms with Gasteiger partial charge in [0.15, 0.2) is 0 Å². The lowest BCUT2D eigenvalue weighted by molar-refractivity contribution is 0.568. The Kier molecular flexibility index (Phi) is 16.2. The van der Waals surface area contributed by atoms with Gasteiger partial charge in [-0.25, -0.2) is 0 Å². The van der Waals surface area contributed by atoms with Gasteiger partial charge in [-0.05, 0) is 230 Å². The standard InChI is InChI=1S/C110H133BN2/c1-100(2,3)74-47-43-69(44-48-74)84-62-80(106(19,20)21)65-88(86-61-75(101(4,5)6)49-50-90(86)110(31,32)33)98(84)112-94-58-71(72-53-76(102(7,8)9)59-77(54-72)103(10,11)12)46-52-92(94)111-91-51-45-70(68-39-35-34-36-40-68)57-93(91)113(96-67-82(108(25,26)27)66-95(112)97(96)111)99-85(73-55-78(104(13,14)15)60-79(56-73)105(16,17)18)63-81(107(22,23)24)64-87(99)83-41-37-38-42-89(83)109(28,29)30/h34-67H,1-33H3/i34D,35D,36D,39D,40D,43D,44D,47D,48D,49D,50D,61D,62D,65D. The van der Waals surface area contributed by atoms with E-state index in [0.29, 0.717) is 33.9 Å². The molecule has 0 atom stereocenters. The Hall–Kier alpha value is -8.92. The first-order chi connectivity index (χ1) is 57.8. The highest BCUT2D eigenvalue weighted by Gasteiger charge is 2.47. The van der Waals surface area contributed by atoms with Gasteiger partial charge in [0.25, 0.3) is 6.71 Å². The number of hydrogen-bond donors (Lipinski definition) is 0. The topological polar surface area (TPSA) is 6.48 Å². The summed E-state index contributed by atoms with van der Waals surface area (Å²) in [5.41, 5.74) is 12.7. The van der Waals surface area contributed by atoms with Crippen molar-refractivity contribution in [3.05, 3.63) is 267 Å². The highest BCUT2D eigenvalue weighted by Crippen LogP contribution is 2.58. The first-order valence-electron chi connectivity index (χ1n) is 48.0. The molecule has 2 heterocycles. The van der Waals surface area contributed by atoms with Crippen molar-refractivity contribution in [2.75, 3.05) is 9.80 Å². The Morgan fingerprint density at radius 1 is 0.230 bits per heavy atom. The fourth-order valence-electron chi connectivity index (χ4n) is 15.9. The van der Waals surface area contributed by atoms with E-state index in [1.807, 2.05) is 95.2 Å². The first kappa shape index (κ1) is 65.4. The summed E-state index contributed by atoms with van der Waals surface area (Å²) in [4.78, 5) is 4.53. The Morgan fingerprint density at radius 2 is 0.611 bits per heavy atom. The maximum Gasteiger partial charge on any atom is 0.252 e. The highest BCUT2D eigenvalue weighted by molar-refractivity contribution is 7.00. The van der Waals surface area contributed by atoms with Gasteiger partial charge in [0.1, 0.15) is 0 Å². The lowest BCUT2D eigenvalue weighted by Gasteiger charge is -2.47. The number of anilines is 6. The van der Waals surface area contributed by atoms with Crippen molar-refractivity contribution in [3.8, 4) is 66.8 Å². The minimum atomic E-state index is -1.09. The molecule has 2 nitrogen and oxygen atoms in total. The predicted octanol–water partition coefficient (Wildman–Crippen LogP) is 30.0. The second-order valence-electron chi connectivity index (χ2n) is 43.9. The lowest BCUT2D eigenvalue weighted by Crippen LogP contribution is -2.61. The number of hydrogen-bond acceptors (Lipinski definition) is 2. The lowest BCUT2D eigenvalue weighted by atomic mass is 9.33. The largest absolute Gasteiger partial charge is 0.310 e. The summed E-state index contributed by atoms with van der Waals surface area (Å²) in [7, 11) is 0. The summed E-state index contributed by atoms with van der Waals surface area (Å²) in [6.07, 6.45) is 0. The van der Waals surface area contributed by atoms with E-state index < -0.39 is 74.8 Å². The molecule has 0 aromatic heterocycles. The number of fused-ring (bicyclic) bond motifs is 4. The normalized spacial score (nSPS) is 15.7. The van der Waals surface area contributed by atoms with E-state index in [9.17, 15) is 17.8 Å². The zero-order chi connectivity index (χ0) is 94.9. The van der Waals surface area contributed by atoms with Crippen molar-refractivity contribution >= 4 is 57.2 Å². The molecule has 0 N–H and O–H groups in total. The van der Waals surface area contributed by atoms with E-state index in [2.05, 4.69) is 264 Å². The monoisotopic (exact) mass is 1510 g/mol. The summed E-state index contributed by atoms with van der Waals surface area (Å²) in [6, 6.07) is 40.0.